The van der Waals surface area contributed by atoms with Gasteiger partial charge in [0, 0.05) is 24.1 Å². The van der Waals surface area contributed by atoms with Crippen LogP contribution in [0.15, 0.2) is 76.1 Å². The maximum Gasteiger partial charge on any atom is 0.264 e. The van der Waals surface area contributed by atoms with E-state index in [1.54, 1.807) is 31.2 Å². The summed E-state index contributed by atoms with van der Waals surface area (Å²) in [7, 11) is 0.206. The van der Waals surface area contributed by atoms with Crippen LogP contribution in [0.3, 0.4) is 0 Å². The summed E-state index contributed by atoms with van der Waals surface area (Å²) in [5.41, 5.74) is 1.87. The Morgan fingerprint density at radius 1 is 0.974 bits per heavy atom. The third-order valence-corrected chi connectivity index (χ3v) is 8.48. The number of anilines is 1. The molecule has 0 saturated heterocycles. The zero-order valence-electron chi connectivity index (χ0n) is 22.5. The summed E-state index contributed by atoms with van der Waals surface area (Å²) in [5, 5.41) is 2.57. The lowest BCUT2D eigenvalue weighted by Gasteiger charge is -2.32. The van der Waals surface area contributed by atoms with E-state index in [9.17, 15) is 18.0 Å². The maximum atomic E-state index is 13.9. The molecule has 9 nitrogen and oxygen atoms in total. The minimum Gasteiger partial charge on any atom is -0.493 e. The van der Waals surface area contributed by atoms with Gasteiger partial charge in [0.2, 0.25) is 11.8 Å². The molecule has 1 atom stereocenters. The number of ether oxygens (including phenoxy) is 2. The van der Waals surface area contributed by atoms with Crippen molar-refractivity contribution in [3.63, 3.8) is 0 Å². The van der Waals surface area contributed by atoms with Gasteiger partial charge < -0.3 is 19.7 Å². The maximum absolute atomic E-state index is 13.9. The summed E-state index contributed by atoms with van der Waals surface area (Å²) in [4.78, 5) is 27.8. The van der Waals surface area contributed by atoms with Crippen LogP contribution in [0, 0.1) is 6.92 Å². The normalized spacial score (nSPS) is 11.8. The van der Waals surface area contributed by atoms with E-state index in [-0.39, 0.29) is 23.0 Å². The highest BCUT2D eigenvalue weighted by molar-refractivity contribution is 9.10. The molecule has 0 aliphatic heterocycles. The second-order valence-corrected chi connectivity index (χ2v) is 11.6. The van der Waals surface area contributed by atoms with Gasteiger partial charge in [0.25, 0.3) is 10.0 Å². The van der Waals surface area contributed by atoms with Gasteiger partial charge in [0.1, 0.15) is 12.6 Å². The highest BCUT2D eigenvalue weighted by atomic mass is 79.9. The van der Waals surface area contributed by atoms with Crippen molar-refractivity contribution in [2.75, 3.05) is 32.1 Å². The summed E-state index contributed by atoms with van der Waals surface area (Å²) >= 11 is 3.43. The SMILES string of the molecule is CNC(=O)[C@H](C)N(Cc1cccc(Br)c1)C(=O)CN(c1ccc(OC)c(OC)c1)S(=O)(=O)c1ccc(C)cc1. The van der Waals surface area contributed by atoms with Gasteiger partial charge in [-0.25, -0.2) is 8.42 Å². The monoisotopic (exact) mass is 617 g/mol. The van der Waals surface area contributed by atoms with Crippen molar-refractivity contribution >= 4 is 43.5 Å². The molecule has 0 saturated carbocycles. The molecule has 2 amide bonds. The van der Waals surface area contributed by atoms with Crippen molar-refractivity contribution in [1.29, 1.82) is 0 Å². The van der Waals surface area contributed by atoms with E-state index >= 15 is 0 Å². The minimum atomic E-state index is -4.19. The van der Waals surface area contributed by atoms with Gasteiger partial charge in [-0.2, -0.15) is 0 Å². The van der Waals surface area contributed by atoms with E-state index in [0.29, 0.717) is 11.5 Å². The number of rotatable bonds is 11. The Labute approximate surface area is 237 Å². The van der Waals surface area contributed by atoms with E-state index in [1.165, 1.54) is 44.4 Å². The van der Waals surface area contributed by atoms with E-state index in [1.807, 2.05) is 31.2 Å². The number of likely N-dealkylation sites (N-methyl/N-ethyl adjacent to an activating group) is 1. The number of sulfonamides is 1. The van der Waals surface area contributed by atoms with E-state index in [0.717, 1.165) is 19.9 Å². The molecular weight excluding hydrogens is 586 g/mol. The molecule has 0 spiro atoms. The lowest BCUT2D eigenvalue weighted by Crippen LogP contribution is -2.50. The molecule has 0 bridgehead atoms. The standard InChI is InChI=1S/C28H32BrN3O6S/c1-19-9-12-24(13-10-19)39(35,36)32(23-11-14-25(37-4)26(16-23)38-5)18-27(33)31(20(2)28(34)30-3)17-21-7-6-8-22(29)15-21/h6-16,20H,17-18H2,1-5H3,(H,30,34)/t20-/m0/s1. The minimum absolute atomic E-state index is 0.0218. The number of benzene rings is 3. The first-order chi connectivity index (χ1) is 18.5. The lowest BCUT2D eigenvalue weighted by atomic mass is 10.1. The number of amides is 2. The molecular formula is C28H32BrN3O6S. The van der Waals surface area contributed by atoms with Crippen LogP contribution in [0.25, 0.3) is 0 Å². The fraction of sp³-hybridized carbons (Fsp3) is 0.286. The van der Waals surface area contributed by atoms with Crippen molar-refractivity contribution in [2.24, 2.45) is 0 Å². The molecule has 0 radical (unpaired) electrons. The average Bonchev–Trinajstić information content (AvgIpc) is 2.93. The Morgan fingerprint density at radius 2 is 1.64 bits per heavy atom. The van der Waals surface area contributed by atoms with Crippen molar-refractivity contribution in [2.45, 2.75) is 31.3 Å². The molecule has 3 aromatic carbocycles. The fourth-order valence-electron chi connectivity index (χ4n) is 3.97. The molecule has 0 unspecified atom stereocenters. The van der Waals surface area contributed by atoms with Crippen LogP contribution in [0.2, 0.25) is 0 Å². The van der Waals surface area contributed by atoms with E-state index in [4.69, 9.17) is 9.47 Å². The first-order valence-corrected chi connectivity index (χ1v) is 14.3. The van der Waals surface area contributed by atoms with Crippen LogP contribution in [0.5, 0.6) is 11.5 Å². The third-order valence-electron chi connectivity index (χ3n) is 6.20. The second kappa shape index (κ2) is 13.0. The molecule has 0 aromatic heterocycles. The molecule has 0 aliphatic rings. The summed E-state index contributed by atoms with van der Waals surface area (Å²) in [6.07, 6.45) is 0. The summed E-state index contributed by atoms with van der Waals surface area (Å²) < 4.78 is 40.4. The predicted octanol–water partition coefficient (Wildman–Crippen LogP) is 4.13. The number of aryl methyl sites for hydroxylation is 1. The molecule has 208 valence electrons. The van der Waals surface area contributed by atoms with Crippen LogP contribution in [0.1, 0.15) is 18.1 Å². The van der Waals surface area contributed by atoms with Crippen molar-refractivity contribution in [3.05, 3.63) is 82.3 Å². The highest BCUT2D eigenvalue weighted by Crippen LogP contribution is 2.34. The zero-order chi connectivity index (χ0) is 28.7. The summed E-state index contributed by atoms with van der Waals surface area (Å²) in [5.74, 6) is -0.227. The van der Waals surface area contributed by atoms with Gasteiger partial charge in [-0.15, -0.1) is 0 Å². The number of halogens is 1. The van der Waals surface area contributed by atoms with Crippen LogP contribution < -0.4 is 19.1 Å². The Kier molecular flexibility index (Phi) is 9.98. The van der Waals surface area contributed by atoms with Gasteiger partial charge in [0.15, 0.2) is 11.5 Å². The Hall–Kier alpha value is -3.57. The van der Waals surface area contributed by atoms with Gasteiger partial charge in [-0.3, -0.25) is 13.9 Å². The Bertz CT molecular complexity index is 1430. The third kappa shape index (κ3) is 7.10. The highest BCUT2D eigenvalue weighted by Gasteiger charge is 2.32. The molecule has 3 rings (SSSR count). The van der Waals surface area contributed by atoms with Crippen molar-refractivity contribution in [3.8, 4) is 11.5 Å². The van der Waals surface area contributed by atoms with Crippen LogP contribution in [-0.2, 0) is 26.2 Å². The largest absolute Gasteiger partial charge is 0.493 e. The quantitative estimate of drug-likeness (QED) is 0.347. The number of carbonyl (C=O) groups is 2. The van der Waals surface area contributed by atoms with E-state index < -0.39 is 28.5 Å². The zero-order valence-corrected chi connectivity index (χ0v) is 24.9. The summed E-state index contributed by atoms with van der Waals surface area (Å²) in [6, 6.07) is 17.5. The molecule has 0 heterocycles. The van der Waals surface area contributed by atoms with Gasteiger partial charge in [-0.05, 0) is 55.8 Å². The average molecular weight is 619 g/mol. The van der Waals surface area contributed by atoms with Gasteiger partial charge in [-0.1, -0.05) is 45.8 Å². The first-order valence-electron chi connectivity index (χ1n) is 12.1. The Morgan fingerprint density at radius 3 is 2.23 bits per heavy atom. The number of methoxy groups -OCH3 is 2. The number of nitrogens with one attached hydrogen (secondary N) is 1. The van der Waals surface area contributed by atoms with Gasteiger partial charge in [0.05, 0.1) is 24.8 Å². The molecule has 0 fully saturated rings. The van der Waals surface area contributed by atoms with E-state index in [2.05, 4.69) is 21.2 Å². The second-order valence-electron chi connectivity index (χ2n) is 8.81. The fourth-order valence-corrected chi connectivity index (χ4v) is 5.82. The van der Waals surface area contributed by atoms with Gasteiger partial charge >= 0.3 is 0 Å². The van der Waals surface area contributed by atoms with Crippen LogP contribution >= 0.6 is 15.9 Å². The van der Waals surface area contributed by atoms with Crippen molar-refractivity contribution < 1.29 is 27.5 Å². The predicted molar refractivity (Wildman–Crippen MR) is 153 cm³/mol. The number of carbonyl (C=O) groups excluding carboxylic acids is 2. The summed E-state index contributed by atoms with van der Waals surface area (Å²) in [6.45, 7) is 2.99. The molecule has 39 heavy (non-hydrogen) atoms. The number of nitrogens with zero attached hydrogens (tertiary/aromatic N) is 2. The first kappa shape index (κ1) is 30.0. The lowest BCUT2D eigenvalue weighted by molar-refractivity contribution is -0.139. The molecule has 1 N–H and O–H groups in total. The van der Waals surface area contributed by atoms with Crippen molar-refractivity contribution in [1.82, 2.24) is 10.2 Å². The smallest absolute Gasteiger partial charge is 0.264 e. The number of hydrogen-bond acceptors (Lipinski definition) is 6. The Balaban J connectivity index is 2.09. The topological polar surface area (TPSA) is 105 Å². The number of hydrogen-bond donors (Lipinski definition) is 1. The molecule has 11 heteroatoms. The molecule has 3 aromatic rings. The van der Waals surface area contributed by atoms with Crippen LogP contribution in [0.4, 0.5) is 5.69 Å². The van der Waals surface area contributed by atoms with Crippen LogP contribution in [-0.4, -0.2) is 59.0 Å². The molecule has 0 aliphatic carbocycles.